The van der Waals surface area contributed by atoms with Gasteiger partial charge in [-0.25, -0.2) is 0 Å². The molecule has 1 rings (SSSR count). The zero-order valence-corrected chi connectivity index (χ0v) is 12.4. The van der Waals surface area contributed by atoms with Crippen molar-refractivity contribution in [1.82, 2.24) is 9.80 Å². The molecule has 1 N–H and O–H groups in total. The number of nitrogens with zero attached hydrogens (tertiary/aromatic N) is 2. The Balaban J connectivity index is 2.89. The van der Waals surface area contributed by atoms with Crippen LogP contribution >= 0.6 is 0 Å². The Morgan fingerprint density at radius 3 is 2.39 bits per heavy atom. The summed E-state index contributed by atoms with van der Waals surface area (Å²) in [6, 6.07) is 0.130. The summed E-state index contributed by atoms with van der Waals surface area (Å²) in [5.74, 6) is -0.308. The molecule has 1 aliphatic heterocycles. The average Bonchev–Trinajstić information content (AvgIpc) is 2.23. The maximum Gasteiger partial charge on any atom is 0.308 e. The second-order valence-corrected chi connectivity index (χ2v) is 6.23. The molecule has 0 amide bonds. The molecule has 0 radical (unpaired) electrons. The third-order valence-electron chi connectivity index (χ3n) is 4.11. The van der Waals surface area contributed by atoms with Crippen molar-refractivity contribution < 1.29 is 9.90 Å². The third-order valence-corrected chi connectivity index (χ3v) is 4.11. The van der Waals surface area contributed by atoms with Crippen LogP contribution in [0.25, 0.3) is 0 Å². The Kier molecular flexibility index (Phi) is 5.60. The minimum absolute atomic E-state index is 0.130. The van der Waals surface area contributed by atoms with Crippen molar-refractivity contribution in [1.29, 1.82) is 0 Å². The van der Waals surface area contributed by atoms with E-state index in [-0.39, 0.29) is 17.9 Å². The van der Waals surface area contributed by atoms with Gasteiger partial charge in [0.15, 0.2) is 0 Å². The van der Waals surface area contributed by atoms with Crippen molar-refractivity contribution in [3.63, 3.8) is 0 Å². The maximum atomic E-state index is 11.6. The second kappa shape index (κ2) is 6.53. The first-order valence-electron chi connectivity index (χ1n) is 6.92. The summed E-state index contributed by atoms with van der Waals surface area (Å²) in [5.41, 5.74) is 0. The Morgan fingerprint density at radius 2 is 2.00 bits per heavy atom. The fourth-order valence-electron chi connectivity index (χ4n) is 3.35. The number of piperidine rings is 1. The smallest absolute Gasteiger partial charge is 0.308 e. The van der Waals surface area contributed by atoms with Gasteiger partial charge in [-0.15, -0.1) is 0 Å². The summed E-state index contributed by atoms with van der Waals surface area (Å²) < 4.78 is 0. The van der Waals surface area contributed by atoms with E-state index in [0.717, 1.165) is 19.5 Å². The van der Waals surface area contributed by atoms with E-state index in [2.05, 4.69) is 16.8 Å². The standard InChI is InChI=1S/C14H28N2O2/c1-10(2)12(14(17)18)13(15(3)4)11-7-6-8-16(5)9-11/h10-13H,6-9H2,1-5H3,(H,17,18). The van der Waals surface area contributed by atoms with E-state index in [4.69, 9.17) is 0 Å². The highest BCUT2D eigenvalue weighted by Crippen LogP contribution is 2.30. The summed E-state index contributed by atoms with van der Waals surface area (Å²) in [6.07, 6.45) is 2.32. The van der Waals surface area contributed by atoms with Gasteiger partial charge in [0.2, 0.25) is 0 Å². The van der Waals surface area contributed by atoms with Gasteiger partial charge in [-0.3, -0.25) is 4.79 Å². The molecule has 1 fully saturated rings. The lowest BCUT2D eigenvalue weighted by Crippen LogP contribution is -2.51. The van der Waals surface area contributed by atoms with Gasteiger partial charge in [0.05, 0.1) is 5.92 Å². The molecule has 1 aliphatic rings. The Morgan fingerprint density at radius 1 is 1.39 bits per heavy atom. The molecule has 106 valence electrons. The van der Waals surface area contributed by atoms with Crippen molar-refractivity contribution in [3.8, 4) is 0 Å². The number of aliphatic carboxylic acids is 1. The molecule has 1 saturated heterocycles. The molecule has 3 unspecified atom stereocenters. The fraction of sp³-hybridized carbons (Fsp3) is 0.929. The normalized spacial score (nSPS) is 25.4. The van der Waals surface area contributed by atoms with E-state index >= 15 is 0 Å². The molecule has 0 aromatic carbocycles. The summed E-state index contributed by atoms with van der Waals surface area (Å²) in [7, 11) is 6.15. The predicted octanol–water partition coefficient (Wildman–Crippen LogP) is 1.62. The maximum absolute atomic E-state index is 11.6. The van der Waals surface area contributed by atoms with Crippen molar-refractivity contribution >= 4 is 5.97 Å². The number of hydrogen-bond acceptors (Lipinski definition) is 3. The van der Waals surface area contributed by atoms with Crippen LogP contribution in [0.1, 0.15) is 26.7 Å². The largest absolute Gasteiger partial charge is 0.481 e. The molecule has 0 aromatic rings. The van der Waals surface area contributed by atoms with Crippen molar-refractivity contribution in [2.75, 3.05) is 34.2 Å². The van der Waals surface area contributed by atoms with E-state index < -0.39 is 5.97 Å². The average molecular weight is 256 g/mol. The molecular formula is C14H28N2O2. The van der Waals surface area contributed by atoms with Gasteiger partial charge in [0.25, 0.3) is 0 Å². The molecule has 4 nitrogen and oxygen atoms in total. The molecule has 1 heterocycles. The van der Waals surface area contributed by atoms with Crippen molar-refractivity contribution in [2.45, 2.75) is 32.7 Å². The highest BCUT2D eigenvalue weighted by Gasteiger charge is 2.38. The zero-order valence-electron chi connectivity index (χ0n) is 12.4. The molecule has 4 heteroatoms. The SMILES string of the molecule is CC(C)C(C(=O)O)C(C1CCCN(C)C1)N(C)C. The van der Waals surface area contributed by atoms with E-state index in [9.17, 15) is 9.90 Å². The number of rotatable bonds is 5. The quantitative estimate of drug-likeness (QED) is 0.812. The summed E-state index contributed by atoms with van der Waals surface area (Å²) in [5, 5.41) is 9.52. The van der Waals surface area contributed by atoms with Crippen LogP contribution in [-0.4, -0.2) is 61.2 Å². The van der Waals surface area contributed by atoms with Crippen LogP contribution in [0, 0.1) is 17.8 Å². The second-order valence-electron chi connectivity index (χ2n) is 6.23. The van der Waals surface area contributed by atoms with E-state index in [1.54, 1.807) is 0 Å². The summed E-state index contributed by atoms with van der Waals surface area (Å²) >= 11 is 0. The van der Waals surface area contributed by atoms with Gasteiger partial charge in [0, 0.05) is 12.6 Å². The van der Waals surface area contributed by atoms with Gasteiger partial charge < -0.3 is 14.9 Å². The number of carboxylic acids is 1. The molecule has 3 atom stereocenters. The van der Waals surface area contributed by atoms with Crippen molar-refractivity contribution in [3.05, 3.63) is 0 Å². The van der Waals surface area contributed by atoms with Crippen LogP contribution in [0.2, 0.25) is 0 Å². The lowest BCUT2D eigenvalue weighted by atomic mass is 9.77. The van der Waals surface area contributed by atoms with Crippen molar-refractivity contribution in [2.24, 2.45) is 17.8 Å². The molecule has 0 spiro atoms. The van der Waals surface area contributed by atoms with Crippen LogP contribution in [0.4, 0.5) is 0 Å². The van der Waals surface area contributed by atoms with E-state index in [1.807, 2.05) is 27.9 Å². The summed E-state index contributed by atoms with van der Waals surface area (Å²) in [4.78, 5) is 16.0. The first-order chi connectivity index (χ1) is 8.34. The first kappa shape index (κ1) is 15.4. The highest BCUT2D eigenvalue weighted by atomic mass is 16.4. The zero-order chi connectivity index (χ0) is 13.9. The minimum atomic E-state index is -0.656. The van der Waals surface area contributed by atoms with Crippen LogP contribution in [0.3, 0.4) is 0 Å². The molecule has 0 bridgehead atoms. The fourth-order valence-corrected chi connectivity index (χ4v) is 3.35. The van der Waals surface area contributed by atoms with Crippen LogP contribution in [0.15, 0.2) is 0 Å². The number of carbonyl (C=O) groups is 1. The van der Waals surface area contributed by atoms with Crippen LogP contribution in [-0.2, 0) is 4.79 Å². The van der Waals surface area contributed by atoms with Gasteiger partial charge >= 0.3 is 5.97 Å². The Bertz CT molecular complexity index is 279. The number of carboxylic acid groups (broad SMARTS) is 1. The van der Waals surface area contributed by atoms with Gasteiger partial charge in [-0.1, -0.05) is 13.8 Å². The van der Waals surface area contributed by atoms with Gasteiger partial charge in [-0.2, -0.15) is 0 Å². The molecule has 0 saturated carbocycles. The number of likely N-dealkylation sites (tertiary alicyclic amines) is 1. The molecule has 0 aromatic heterocycles. The predicted molar refractivity (Wildman–Crippen MR) is 73.7 cm³/mol. The highest BCUT2D eigenvalue weighted by molar-refractivity contribution is 5.71. The van der Waals surface area contributed by atoms with Crippen LogP contribution < -0.4 is 0 Å². The molecular weight excluding hydrogens is 228 g/mol. The third kappa shape index (κ3) is 3.69. The van der Waals surface area contributed by atoms with E-state index in [1.165, 1.54) is 6.42 Å². The van der Waals surface area contributed by atoms with Gasteiger partial charge in [0.1, 0.15) is 0 Å². The Labute approximate surface area is 111 Å². The lowest BCUT2D eigenvalue weighted by molar-refractivity contribution is -0.147. The topological polar surface area (TPSA) is 43.8 Å². The minimum Gasteiger partial charge on any atom is -0.481 e. The first-order valence-corrected chi connectivity index (χ1v) is 6.92. The lowest BCUT2D eigenvalue weighted by Gasteiger charge is -2.42. The van der Waals surface area contributed by atoms with Gasteiger partial charge in [-0.05, 0) is 52.4 Å². The summed E-state index contributed by atoms with van der Waals surface area (Å²) in [6.45, 7) is 6.18. The number of hydrogen-bond donors (Lipinski definition) is 1. The monoisotopic (exact) mass is 256 g/mol. The van der Waals surface area contributed by atoms with E-state index in [0.29, 0.717) is 5.92 Å². The van der Waals surface area contributed by atoms with Crippen LogP contribution in [0.5, 0.6) is 0 Å². The molecule has 18 heavy (non-hydrogen) atoms. The molecule has 0 aliphatic carbocycles. The Hall–Kier alpha value is -0.610.